The Morgan fingerprint density at radius 3 is 1.33 bits per heavy atom. The maximum absolute atomic E-state index is 2.39. The number of hydrogen-bond donors (Lipinski definition) is 0. The van der Waals surface area contributed by atoms with E-state index in [9.17, 15) is 0 Å². The van der Waals surface area contributed by atoms with Crippen molar-refractivity contribution in [1.82, 2.24) is 0 Å². The second-order valence-electron chi connectivity index (χ2n) is 6.44. The van der Waals surface area contributed by atoms with E-state index in [4.69, 9.17) is 0 Å². The van der Waals surface area contributed by atoms with E-state index in [1.54, 1.807) is 18.1 Å². The predicted octanol–water partition coefficient (Wildman–Crippen LogP) is 4.96. The zero-order chi connectivity index (χ0) is 11.8. The third-order valence-corrected chi connectivity index (χ3v) is 7.02. The van der Waals surface area contributed by atoms with E-state index in [2.05, 4.69) is 41.5 Å². The molecular weight excluding hydrogens is 196 g/mol. The Labute approximate surface area is 99.5 Å². The first-order valence-corrected chi connectivity index (χ1v) is 9.36. The van der Waals surface area contributed by atoms with Gasteiger partial charge in [-0.15, -0.1) is 0 Å². The summed E-state index contributed by atoms with van der Waals surface area (Å²) in [5.41, 5.74) is 0. The third kappa shape index (κ3) is 10.5. The summed E-state index contributed by atoms with van der Waals surface area (Å²) in [5, 5.41) is 0. The summed E-state index contributed by atoms with van der Waals surface area (Å²) in [5.74, 6) is 2.75. The topological polar surface area (TPSA) is 0 Å². The first-order valence-electron chi connectivity index (χ1n) is 6.91. The fraction of sp³-hybridized carbons (Fsp3) is 1.00. The van der Waals surface area contributed by atoms with Crippen molar-refractivity contribution in [3.05, 3.63) is 0 Å². The monoisotopic (exact) mass is 228 g/mol. The molecule has 0 aromatic rings. The van der Waals surface area contributed by atoms with E-state index in [1.807, 2.05) is 0 Å². The molecule has 0 N–H and O–H groups in total. The summed E-state index contributed by atoms with van der Waals surface area (Å²) in [4.78, 5) is 0. The van der Waals surface area contributed by atoms with Gasteiger partial charge >= 0.3 is 0 Å². The van der Waals surface area contributed by atoms with Gasteiger partial charge in [-0.05, 0) is 17.8 Å². The van der Waals surface area contributed by atoms with Crippen LogP contribution < -0.4 is 0 Å². The third-order valence-electron chi connectivity index (χ3n) is 3.11. The van der Waals surface area contributed by atoms with Crippen LogP contribution in [0.5, 0.6) is 0 Å². The van der Waals surface area contributed by atoms with Crippen LogP contribution in [-0.2, 0) is 0 Å². The Kier molecular flexibility index (Phi) is 8.50. The van der Waals surface area contributed by atoms with Crippen molar-refractivity contribution in [1.29, 1.82) is 0 Å². The maximum atomic E-state index is 2.39. The standard InChI is InChI=1S/C14H32Si/c1-12(2)7-9-15(11-14(5)6)10-8-13(3)4/h12-15H,7-11H2,1-6H3. The minimum Gasteiger partial charge on any atom is -0.0631 e. The average Bonchev–Trinajstić information content (AvgIpc) is 2.08. The normalized spacial score (nSPS) is 12.4. The summed E-state index contributed by atoms with van der Waals surface area (Å²) in [6.45, 7) is 14.2. The van der Waals surface area contributed by atoms with Crippen LogP contribution in [0.4, 0.5) is 0 Å². The molecule has 0 amide bonds. The fourth-order valence-corrected chi connectivity index (χ4v) is 6.55. The van der Waals surface area contributed by atoms with Gasteiger partial charge in [-0.25, -0.2) is 0 Å². The average molecular weight is 228 g/mol. The van der Waals surface area contributed by atoms with E-state index >= 15 is 0 Å². The summed E-state index contributed by atoms with van der Waals surface area (Å²) in [6.07, 6.45) is 2.95. The molecule has 0 aromatic heterocycles. The van der Waals surface area contributed by atoms with Gasteiger partial charge in [0, 0.05) is 8.80 Å². The van der Waals surface area contributed by atoms with Crippen LogP contribution >= 0.6 is 0 Å². The molecule has 0 radical (unpaired) electrons. The highest BCUT2D eigenvalue weighted by Gasteiger charge is 2.13. The van der Waals surface area contributed by atoms with Crippen molar-refractivity contribution in [2.24, 2.45) is 17.8 Å². The fourth-order valence-electron chi connectivity index (χ4n) is 2.18. The molecule has 0 aliphatic heterocycles. The molecule has 0 saturated carbocycles. The molecule has 0 aliphatic carbocycles. The van der Waals surface area contributed by atoms with Gasteiger partial charge < -0.3 is 0 Å². The lowest BCUT2D eigenvalue weighted by Gasteiger charge is -2.19. The maximum Gasteiger partial charge on any atom is 0.0370 e. The second-order valence-corrected chi connectivity index (χ2v) is 9.80. The lowest BCUT2D eigenvalue weighted by molar-refractivity contribution is 0.599. The van der Waals surface area contributed by atoms with Gasteiger partial charge in [0.1, 0.15) is 0 Å². The second kappa shape index (κ2) is 8.38. The van der Waals surface area contributed by atoms with Crippen molar-refractivity contribution < 1.29 is 0 Å². The van der Waals surface area contributed by atoms with Crippen molar-refractivity contribution in [3.63, 3.8) is 0 Å². The minimum absolute atomic E-state index is 0.404. The molecule has 15 heavy (non-hydrogen) atoms. The lowest BCUT2D eigenvalue weighted by atomic mass is 10.2. The summed E-state index contributed by atoms with van der Waals surface area (Å²) in [7, 11) is -0.404. The molecular formula is C14H32Si. The smallest absolute Gasteiger partial charge is 0.0370 e. The highest BCUT2D eigenvalue weighted by molar-refractivity contribution is 6.58. The molecule has 92 valence electrons. The highest BCUT2D eigenvalue weighted by Crippen LogP contribution is 2.20. The minimum atomic E-state index is -0.404. The molecule has 1 heteroatoms. The Morgan fingerprint density at radius 1 is 0.667 bits per heavy atom. The van der Waals surface area contributed by atoms with E-state index in [0.717, 1.165) is 17.8 Å². The van der Waals surface area contributed by atoms with Gasteiger partial charge in [-0.1, -0.05) is 72.5 Å². The molecule has 0 nitrogen and oxygen atoms in total. The van der Waals surface area contributed by atoms with Crippen molar-refractivity contribution in [2.75, 3.05) is 0 Å². The van der Waals surface area contributed by atoms with Crippen LogP contribution in [0.1, 0.15) is 54.4 Å². The molecule has 0 spiro atoms. The van der Waals surface area contributed by atoms with Crippen LogP contribution in [0.3, 0.4) is 0 Å². The van der Waals surface area contributed by atoms with Gasteiger partial charge in [0.25, 0.3) is 0 Å². The van der Waals surface area contributed by atoms with Crippen LogP contribution in [-0.4, -0.2) is 8.80 Å². The quantitative estimate of drug-likeness (QED) is 0.515. The molecule has 0 saturated heterocycles. The predicted molar refractivity (Wildman–Crippen MR) is 75.3 cm³/mol. The molecule has 0 fully saturated rings. The van der Waals surface area contributed by atoms with Crippen molar-refractivity contribution >= 4 is 8.80 Å². The summed E-state index contributed by atoms with van der Waals surface area (Å²) in [6, 6.07) is 4.74. The molecule has 0 heterocycles. The Bertz CT molecular complexity index is 126. The molecule has 0 aromatic carbocycles. The first-order chi connectivity index (χ1) is 6.91. The Hall–Kier alpha value is 0.217. The van der Waals surface area contributed by atoms with Crippen LogP contribution in [0, 0.1) is 17.8 Å². The largest absolute Gasteiger partial charge is 0.0631 e. The molecule has 0 bridgehead atoms. The zero-order valence-corrected chi connectivity index (χ0v) is 13.0. The molecule has 0 aliphatic rings. The van der Waals surface area contributed by atoms with E-state index in [0.29, 0.717) is 0 Å². The molecule has 0 rings (SSSR count). The van der Waals surface area contributed by atoms with Crippen LogP contribution in [0.2, 0.25) is 18.1 Å². The van der Waals surface area contributed by atoms with Gasteiger partial charge in [-0.3, -0.25) is 0 Å². The Morgan fingerprint density at radius 2 is 1.07 bits per heavy atom. The Balaban J connectivity index is 3.84. The van der Waals surface area contributed by atoms with Gasteiger partial charge in [0.15, 0.2) is 0 Å². The number of hydrogen-bond acceptors (Lipinski definition) is 0. The lowest BCUT2D eigenvalue weighted by Crippen LogP contribution is -2.16. The van der Waals surface area contributed by atoms with Gasteiger partial charge in [0.05, 0.1) is 0 Å². The number of rotatable bonds is 8. The van der Waals surface area contributed by atoms with E-state index < -0.39 is 8.80 Å². The molecule has 0 unspecified atom stereocenters. The van der Waals surface area contributed by atoms with Crippen molar-refractivity contribution in [3.8, 4) is 0 Å². The summed E-state index contributed by atoms with van der Waals surface area (Å²) < 4.78 is 0. The van der Waals surface area contributed by atoms with Gasteiger partial charge in [0.2, 0.25) is 0 Å². The van der Waals surface area contributed by atoms with Crippen molar-refractivity contribution in [2.45, 2.75) is 72.5 Å². The SMILES string of the molecule is CC(C)CC[SiH](CCC(C)C)CC(C)C. The highest BCUT2D eigenvalue weighted by atomic mass is 28.3. The first kappa shape index (κ1) is 15.2. The van der Waals surface area contributed by atoms with Crippen LogP contribution in [0.25, 0.3) is 0 Å². The molecule has 0 atom stereocenters. The van der Waals surface area contributed by atoms with Gasteiger partial charge in [-0.2, -0.15) is 0 Å². The zero-order valence-electron chi connectivity index (χ0n) is 11.8. The van der Waals surface area contributed by atoms with E-state index in [-0.39, 0.29) is 0 Å². The van der Waals surface area contributed by atoms with E-state index in [1.165, 1.54) is 12.8 Å². The summed E-state index contributed by atoms with van der Waals surface area (Å²) >= 11 is 0. The van der Waals surface area contributed by atoms with Crippen LogP contribution in [0.15, 0.2) is 0 Å².